The molecule has 0 bridgehead atoms. The number of esters is 1. The van der Waals surface area contributed by atoms with Crippen LogP contribution >= 0.6 is 15.9 Å². The van der Waals surface area contributed by atoms with Crippen LogP contribution in [0.1, 0.15) is 40.0 Å². The molecule has 0 saturated heterocycles. The number of rotatable bonds is 7. The second-order valence-electron chi connectivity index (χ2n) is 3.61. The van der Waals surface area contributed by atoms with Crippen molar-refractivity contribution >= 4 is 27.6 Å². The molecule has 0 aliphatic rings. The van der Waals surface area contributed by atoms with Crippen LogP contribution in [0, 0.1) is 0 Å². The Hall–Kier alpha value is -0.380. The van der Waals surface area contributed by atoms with Gasteiger partial charge in [-0.25, -0.2) is 0 Å². The Balaban J connectivity index is 3.60. The Labute approximate surface area is 100 Å². The van der Waals surface area contributed by atoms with Gasteiger partial charge in [-0.2, -0.15) is 0 Å². The van der Waals surface area contributed by atoms with Crippen molar-refractivity contribution < 1.29 is 9.53 Å². The van der Waals surface area contributed by atoms with Gasteiger partial charge in [-0.3, -0.25) is 9.79 Å². The van der Waals surface area contributed by atoms with Crippen LogP contribution < -0.4 is 0 Å². The van der Waals surface area contributed by atoms with Crippen molar-refractivity contribution in [1.29, 1.82) is 0 Å². The van der Waals surface area contributed by atoms with Crippen molar-refractivity contribution in [3.63, 3.8) is 0 Å². The molecule has 0 fully saturated rings. The molecule has 0 radical (unpaired) electrons. The van der Waals surface area contributed by atoms with Gasteiger partial charge in [0.1, 0.15) is 11.4 Å². The van der Waals surface area contributed by atoms with Gasteiger partial charge in [-0.1, -0.05) is 35.7 Å². The lowest BCUT2D eigenvalue weighted by Crippen LogP contribution is -2.19. The van der Waals surface area contributed by atoms with Crippen molar-refractivity contribution in [1.82, 2.24) is 0 Å². The molecule has 0 saturated carbocycles. The monoisotopic (exact) mass is 277 g/mol. The first-order valence-corrected chi connectivity index (χ1v) is 6.27. The molecule has 0 N–H and O–H groups in total. The maximum Gasteiger partial charge on any atom is 0.319 e. The number of alkyl halides is 1. The molecule has 1 atom stereocenters. The number of halogens is 1. The third-order valence-corrected chi connectivity index (χ3v) is 2.66. The van der Waals surface area contributed by atoms with E-state index in [-0.39, 0.29) is 10.8 Å². The molecule has 0 aromatic carbocycles. The van der Waals surface area contributed by atoms with Crippen molar-refractivity contribution in [2.75, 3.05) is 13.2 Å². The van der Waals surface area contributed by atoms with Crippen LogP contribution in [-0.4, -0.2) is 29.7 Å². The van der Waals surface area contributed by atoms with Gasteiger partial charge in [0.25, 0.3) is 0 Å². The Bertz CT molecular complexity index is 213. The highest BCUT2D eigenvalue weighted by atomic mass is 79.9. The summed E-state index contributed by atoms with van der Waals surface area (Å²) in [6.07, 6.45) is 2.97. The van der Waals surface area contributed by atoms with E-state index >= 15 is 0 Å². The topological polar surface area (TPSA) is 38.7 Å². The Morgan fingerprint density at radius 1 is 1.47 bits per heavy atom. The van der Waals surface area contributed by atoms with Crippen molar-refractivity contribution in [3.8, 4) is 0 Å². The summed E-state index contributed by atoms with van der Waals surface area (Å²) in [5.41, 5.74) is 1.01. The molecular weight excluding hydrogens is 258 g/mol. The molecule has 0 aliphatic carbocycles. The molecule has 4 heteroatoms. The van der Waals surface area contributed by atoms with Crippen LogP contribution in [0.25, 0.3) is 0 Å². The maximum atomic E-state index is 11.4. The molecule has 1 unspecified atom stereocenters. The van der Waals surface area contributed by atoms with E-state index in [4.69, 9.17) is 4.74 Å². The highest BCUT2D eigenvalue weighted by Crippen LogP contribution is 2.11. The second-order valence-corrected chi connectivity index (χ2v) is 4.71. The van der Waals surface area contributed by atoms with E-state index in [2.05, 4.69) is 27.8 Å². The largest absolute Gasteiger partial charge is 0.463 e. The molecule has 3 nitrogen and oxygen atoms in total. The zero-order valence-corrected chi connectivity index (χ0v) is 11.3. The second kappa shape index (κ2) is 8.89. The lowest BCUT2D eigenvalue weighted by molar-refractivity contribution is -0.142. The summed E-state index contributed by atoms with van der Waals surface area (Å²) in [5, 5.41) is 0. The van der Waals surface area contributed by atoms with Gasteiger partial charge in [0.05, 0.1) is 6.54 Å². The number of ether oxygens (including phenoxy) is 1. The van der Waals surface area contributed by atoms with Gasteiger partial charge in [-0.05, 0) is 20.3 Å². The molecule has 88 valence electrons. The number of nitrogens with zero attached hydrogens (tertiary/aromatic N) is 1. The summed E-state index contributed by atoms with van der Waals surface area (Å²) in [6, 6.07) is 0. The van der Waals surface area contributed by atoms with Crippen molar-refractivity contribution in [2.24, 2.45) is 4.99 Å². The third kappa shape index (κ3) is 8.60. The Morgan fingerprint density at radius 2 is 2.13 bits per heavy atom. The molecule has 0 heterocycles. The zero-order chi connectivity index (χ0) is 11.7. The van der Waals surface area contributed by atoms with Crippen LogP contribution in [0.3, 0.4) is 0 Å². The standard InChI is InChI=1S/C11H20BrNO2/c1-4-5-6-10(12)11(14)15-8-7-13-9(2)3/h10H,4-8H2,1-3H3. The lowest BCUT2D eigenvalue weighted by Gasteiger charge is -2.08. The number of carbonyl (C=O) groups excluding carboxylic acids is 1. The lowest BCUT2D eigenvalue weighted by atomic mass is 10.2. The first-order valence-electron chi connectivity index (χ1n) is 5.36. The van der Waals surface area contributed by atoms with E-state index < -0.39 is 0 Å². The van der Waals surface area contributed by atoms with E-state index in [0.717, 1.165) is 25.0 Å². The molecule has 15 heavy (non-hydrogen) atoms. The van der Waals surface area contributed by atoms with Gasteiger partial charge in [-0.15, -0.1) is 0 Å². The quantitative estimate of drug-likeness (QED) is 0.311. The predicted molar refractivity (Wildman–Crippen MR) is 66.8 cm³/mol. The van der Waals surface area contributed by atoms with E-state index in [9.17, 15) is 4.79 Å². The van der Waals surface area contributed by atoms with E-state index in [1.807, 2.05) is 13.8 Å². The summed E-state index contributed by atoms with van der Waals surface area (Å²) in [5.74, 6) is -0.174. The first-order chi connectivity index (χ1) is 7.07. The van der Waals surface area contributed by atoms with Crippen LogP contribution in [0.5, 0.6) is 0 Å². The molecule has 0 aromatic heterocycles. The molecule has 0 aliphatic heterocycles. The van der Waals surface area contributed by atoms with Gasteiger partial charge >= 0.3 is 5.97 Å². The van der Waals surface area contributed by atoms with Crippen LogP contribution in [0.15, 0.2) is 4.99 Å². The zero-order valence-electron chi connectivity index (χ0n) is 9.75. The number of carbonyl (C=O) groups is 1. The molecular formula is C11H20BrNO2. The van der Waals surface area contributed by atoms with Crippen LogP contribution in [0.4, 0.5) is 0 Å². The molecule has 0 amide bonds. The summed E-state index contributed by atoms with van der Waals surface area (Å²) < 4.78 is 5.06. The fourth-order valence-corrected chi connectivity index (χ4v) is 1.46. The normalized spacial score (nSPS) is 12.0. The Morgan fingerprint density at radius 3 is 2.67 bits per heavy atom. The van der Waals surface area contributed by atoms with Crippen molar-refractivity contribution in [3.05, 3.63) is 0 Å². The fourth-order valence-electron chi connectivity index (χ4n) is 1.01. The van der Waals surface area contributed by atoms with E-state index in [0.29, 0.717) is 13.2 Å². The minimum absolute atomic E-state index is 0.163. The summed E-state index contributed by atoms with van der Waals surface area (Å²) >= 11 is 3.31. The first kappa shape index (κ1) is 14.6. The van der Waals surface area contributed by atoms with Gasteiger partial charge in [0.15, 0.2) is 0 Å². The van der Waals surface area contributed by atoms with E-state index in [1.165, 1.54) is 0 Å². The fraction of sp³-hybridized carbons (Fsp3) is 0.818. The smallest absolute Gasteiger partial charge is 0.319 e. The van der Waals surface area contributed by atoms with Gasteiger partial charge in [0, 0.05) is 5.71 Å². The van der Waals surface area contributed by atoms with Gasteiger partial charge in [0.2, 0.25) is 0 Å². The minimum Gasteiger partial charge on any atom is -0.463 e. The van der Waals surface area contributed by atoms with Crippen LogP contribution in [0.2, 0.25) is 0 Å². The summed E-state index contributed by atoms with van der Waals surface area (Å²) in [4.78, 5) is 15.4. The maximum absolute atomic E-state index is 11.4. The number of hydrogen-bond acceptors (Lipinski definition) is 3. The summed E-state index contributed by atoms with van der Waals surface area (Å²) in [6.45, 7) is 6.89. The predicted octanol–water partition coefficient (Wildman–Crippen LogP) is 2.96. The highest BCUT2D eigenvalue weighted by Gasteiger charge is 2.14. The number of unbranched alkanes of at least 4 members (excludes halogenated alkanes) is 1. The highest BCUT2D eigenvalue weighted by molar-refractivity contribution is 9.10. The number of aliphatic imine (C=N–C) groups is 1. The molecule has 0 rings (SSSR count). The average molecular weight is 278 g/mol. The van der Waals surface area contributed by atoms with Gasteiger partial charge < -0.3 is 4.74 Å². The van der Waals surface area contributed by atoms with Crippen LogP contribution in [-0.2, 0) is 9.53 Å². The molecule has 0 spiro atoms. The van der Waals surface area contributed by atoms with E-state index in [1.54, 1.807) is 0 Å². The Kier molecular flexibility index (Phi) is 8.67. The average Bonchev–Trinajstić information content (AvgIpc) is 2.20. The molecule has 0 aromatic rings. The van der Waals surface area contributed by atoms with Crippen molar-refractivity contribution in [2.45, 2.75) is 44.9 Å². The minimum atomic E-state index is -0.174. The SMILES string of the molecule is CCCCC(Br)C(=O)OCCN=C(C)C. The number of hydrogen-bond donors (Lipinski definition) is 0. The summed E-state index contributed by atoms with van der Waals surface area (Å²) in [7, 11) is 0. The third-order valence-electron chi connectivity index (χ3n) is 1.83.